The van der Waals surface area contributed by atoms with E-state index in [-0.39, 0.29) is 24.1 Å². The maximum atomic E-state index is 13.0. The van der Waals surface area contributed by atoms with Crippen LogP contribution >= 0.6 is 15.9 Å². The van der Waals surface area contributed by atoms with E-state index in [0.29, 0.717) is 16.0 Å². The lowest BCUT2D eigenvalue weighted by Crippen LogP contribution is -2.21. The highest BCUT2D eigenvalue weighted by Gasteiger charge is 2.34. The molecule has 9 heteroatoms. The average Bonchev–Trinajstić information content (AvgIpc) is 3.10. The molecular formula is C13H14BrF2N5O. The second-order valence-electron chi connectivity index (χ2n) is 5.24. The van der Waals surface area contributed by atoms with E-state index in [0.717, 1.165) is 12.8 Å². The fourth-order valence-electron chi connectivity index (χ4n) is 2.28. The lowest BCUT2D eigenvalue weighted by Gasteiger charge is -2.06. The number of hydrogen-bond acceptors (Lipinski definition) is 3. The minimum atomic E-state index is -2.67. The van der Waals surface area contributed by atoms with Gasteiger partial charge in [0.25, 0.3) is 6.43 Å². The molecule has 6 nitrogen and oxygen atoms in total. The summed E-state index contributed by atoms with van der Waals surface area (Å²) in [6, 6.07) is 1.66. The van der Waals surface area contributed by atoms with Gasteiger partial charge in [-0.25, -0.2) is 8.78 Å². The Labute approximate surface area is 133 Å². The third kappa shape index (κ3) is 3.03. The van der Waals surface area contributed by atoms with Crippen LogP contribution in [0.15, 0.2) is 16.7 Å². The van der Waals surface area contributed by atoms with Crippen LogP contribution in [0.25, 0.3) is 0 Å². The zero-order valence-corrected chi connectivity index (χ0v) is 13.3. The van der Waals surface area contributed by atoms with Crippen LogP contribution in [-0.4, -0.2) is 25.5 Å². The van der Waals surface area contributed by atoms with Crippen molar-refractivity contribution >= 4 is 27.7 Å². The third-order valence-electron chi connectivity index (χ3n) is 3.40. The van der Waals surface area contributed by atoms with Crippen molar-refractivity contribution in [2.45, 2.75) is 31.7 Å². The maximum Gasteiger partial charge on any atom is 0.283 e. The van der Waals surface area contributed by atoms with Crippen LogP contribution in [0.5, 0.6) is 0 Å². The second kappa shape index (κ2) is 5.79. The number of carbonyl (C=O) groups excluding carboxylic acids is 1. The number of aryl methyl sites for hydroxylation is 1. The van der Waals surface area contributed by atoms with E-state index in [9.17, 15) is 13.6 Å². The van der Waals surface area contributed by atoms with Crippen molar-refractivity contribution in [1.82, 2.24) is 19.6 Å². The van der Waals surface area contributed by atoms with Crippen LogP contribution in [0.1, 0.15) is 36.6 Å². The molecule has 118 valence electrons. The van der Waals surface area contributed by atoms with E-state index in [1.807, 2.05) is 0 Å². The first-order valence-electron chi connectivity index (χ1n) is 6.79. The molecular weight excluding hydrogens is 360 g/mol. The van der Waals surface area contributed by atoms with Gasteiger partial charge in [0, 0.05) is 25.2 Å². The van der Waals surface area contributed by atoms with Gasteiger partial charge in [-0.1, -0.05) is 0 Å². The number of aromatic nitrogens is 4. The normalized spacial score (nSPS) is 14.6. The number of carbonyl (C=O) groups is 1. The van der Waals surface area contributed by atoms with Gasteiger partial charge < -0.3 is 5.32 Å². The standard InChI is InChI=1S/C13H14BrF2N5O/c1-20-5-4-8(18-20)17-9(22)6-21-12(7-2-3-7)10(14)11(19-21)13(15)16/h4-5,7,13H,2-3,6H2,1H3,(H,17,18,22). The van der Waals surface area contributed by atoms with Gasteiger partial charge in [0.15, 0.2) is 5.82 Å². The van der Waals surface area contributed by atoms with Crippen molar-refractivity contribution in [3.05, 3.63) is 28.1 Å². The topological polar surface area (TPSA) is 64.7 Å². The molecule has 0 radical (unpaired) electrons. The van der Waals surface area contributed by atoms with E-state index in [2.05, 4.69) is 31.4 Å². The molecule has 0 aliphatic heterocycles. The smallest absolute Gasteiger partial charge is 0.283 e. The predicted molar refractivity (Wildman–Crippen MR) is 78.7 cm³/mol. The number of hydrogen-bond donors (Lipinski definition) is 1. The van der Waals surface area contributed by atoms with E-state index in [1.54, 1.807) is 24.0 Å². The first kappa shape index (κ1) is 15.1. The quantitative estimate of drug-likeness (QED) is 0.876. The number of rotatable bonds is 5. The van der Waals surface area contributed by atoms with Crippen molar-refractivity contribution in [2.24, 2.45) is 7.05 Å². The summed E-state index contributed by atoms with van der Waals surface area (Å²) in [7, 11) is 1.74. The largest absolute Gasteiger partial charge is 0.308 e. The highest BCUT2D eigenvalue weighted by atomic mass is 79.9. The van der Waals surface area contributed by atoms with Crippen molar-refractivity contribution in [1.29, 1.82) is 0 Å². The molecule has 0 unspecified atom stereocenters. The Bertz CT molecular complexity index is 707. The van der Waals surface area contributed by atoms with Crippen molar-refractivity contribution < 1.29 is 13.6 Å². The number of alkyl halides is 2. The Kier molecular flexibility index (Phi) is 3.98. The summed E-state index contributed by atoms with van der Waals surface area (Å²) in [6.45, 7) is -0.117. The van der Waals surface area contributed by atoms with Gasteiger partial charge in [-0.05, 0) is 28.8 Å². The molecule has 1 amide bonds. The molecule has 0 bridgehead atoms. The number of anilines is 1. The third-order valence-corrected chi connectivity index (χ3v) is 4.21. The number of nitrogens with zero attached hydrogens (tertiary/aromatic N) is 4. The fourth-order valence-corrected chi connectivity index (χ4v) is 3.06. The number of nitrogens with one attached hydrogen (secondary N) is 1. The number of halogens is 3. The van der Waals surface area contributed by atoms with Crippen LogP contribution in [0, 0.1) is 0 Å². The molecule has 2 aromatic heterocycles. The second-order valence-corrected chi connectivity index (χ2v) is 6.03. The monoisotopic (exact) mass is 373 g/mol. The highest BCUT2D eigenvalue weighted by molar-refractivity contribution is 9.10. The zero-order chi connectivity index (χ0) is 15.9. The van der Waals surface area contributed by atoms with Gasteiger partial charge in [-0.2, -0.15) is 10.2 Å². The molecule has 0 aromatic carbocycles. The molecule has 2 aromatic rings. The van der Waals surface area contributed by atoms with E-state index in [4.69, 9.17) is 0 Å². The molecule has 1 fully saturated rings. The van der Waals surface area contributed by atoms with Gasteiger partial charge in [0.1, 0.15) is 12.2 Å². The number of amides is 1. The predicted octanol–water partition coefficient (Wildman–Crippen LogP) is 2.83. The van der Waals surface area contributed by atoms with Gasteiger partial charge in [-0.3, -0.25) is 14.2 Å². The Morgan fingerprint density at radius 3 is 2.77 bits per heavy atom. The van der Waals surface area contributed by atoms with Crippen molar-refractivity contribution in [3.63, 3.8) is 0 Å². The Morgan fingerprint density at radius 1 is 1.50 bits per heavy atom. The lowest BCUT2D eigenvalue weighted by molar-refractivity contribution is -0.117. The molecule has 1 aliphatic rings. The molecule has 0 spiro atoms. The van der Waals surface area contributed by atoms with Gasteiger partial charge in [-0.15, -0.1) is 0 Å². The summed E-state index contributed by atoms with van der Waals surface area (Å²) >= 11 is 3.19. The van der Waals surface area contributed by atoms with Gasteiger partial charge in [0.05, 0.1) is 10.2 Å². The van der Waals surface area contributed by atoms with E-state index < -0.39 is 6.43 Å². The first-order chi connectivity index (χ1) is 10.5. The zero-order valence-electron chi connectivity index (χ0n) is 11.8. The summed E-state index contributed by atoms with van der Waals surface area (Å²) < 4.78 is 29.2. The van der Waals surface area contributed by atoms with Crippen molar-refractivity contribution in [3.8, 4) is 0 Å². The van der Waals surface area contributed by atoms with Crippen LogP contribution < -0.4 is 5.32 Å². The minimum absolute atomic E-state index is 0.117. The van der Waals surface area contributed by atoms with E-state index in [1.165, 1.54) is 4.68 Å². The summed E-state index contributed by atoms with van der Waals surface area (Å²) in [5.41, 5.74) is 0.360. The average molecular weight is 374 g/mol. The molecule has 2 heterocycles. The SMILES string of the molecule is Cn1ccc(NC(=O)Cn2nc(C(F)F)c(Br)c2C2CC2)n1. The molecule has 1 N–H and O–H groups in total. The van der Waals surface area contributed by atoms with Crippen LogP contribution in [0.2, 0.25) is 0 Å². The summed E-state index contributed by atoms with van der Waals surface area (Å²) in [5.74, 6) is 0.259. The summed E-state index contributed by atoms with van der Waals surface area (Å²) in [6.07, 6.45) is 0.876. The molecule has 1 aliphatic carbocycles. The summed E-state index contributed by atoms with van der Waals surface area (Å²) in [4.78, 5) is 12.1. The highest BCUT2D eigenvalue weighted by Crippen LogP contribution is 2.45. The van der Waals surface area contributed by atoms with Crippen molar-refractivity contribution in [2.75, 3.05) is 5.32 Å². The Hall–Kier alpha value is -1.77. The first-order valence-corrected chi connectivity index (χ1v) is 7.58. The maximum absolute atomic E-state index is 13.0. The Balaban J connectivity index is 1.79. The fraction of sp³-hybridized carbons (Fsp3) is 0.462. The lowest BCUT2D eigenvalue weighted by atomic mass is 10.2. The van der Waals surface area contributed by atoms with Gasteiger partial charge >= 0.3 is 0 Å². The molecule has 22 heavy (non-hydrogen) atoms. The molecule has 0 saturated heterocycles. The van der Waals surface area contributed by atoms with Crippen LogP contribution in [-0.2, 0) is 18.4 Å². The summed E-state index contributed by atoms with van der Waals surface area (Å²) in [5, 5.41) is 10.6. The minimum Gasteiger partial charge on any atom is -0.308 e. The van der Waals surface area contributed by atoms with Crippen LogP contribution in [0.3, 0.4) is 0 Å². The molecule has 0 atom stereocenters. The molecule has 1 saturated carbocycles. The Morgan fingerprint density at radius 2 is 2.23 bits per heavy atom. The van der Waals surface area contributed by atoms with Crippen LogP contribution in [0.4, 0.5) is 14.6 Å². The van der Waals surface area contributed by atoms with E-state index >= 15 is 0 Å². The molecule has 3 rings (SSSR count). The van der Waals surface area contributed by atoms with Gasteiger partial charge in [0.2, 0.25) is 5.91 Å².